The Labute approximate surface area is 315 Å². The number of nitro benzene ring substituents is 2. The number of aromatic hydroxyl groups is 2. The molecule has 1 saturated carbocycles. The quantitative estimate of drug-likeness (QED) is 0.148. The molecule has 0 spiro atoms. The molecule has 2 fully saturated rings. The zero-order valence-corrected chi connectivity index (χ0v) is 32.0. The van der Waals surface area contributed by atoms with Crippen molar-refractivity contribution >= 4 is 23.8 Å². The number of non-ortho nitro benzene ring substituents is 2. The Balaban J connectivity index is 0.000000322. The summed E-state index contributed by atoms with van der Waals surface area (Å²) in [6.45, 7) is 11.4. The van der Waals surface area contributed by atoms with E-state index in [1.807, 2.05) is 84.3 Å². The van der Waals surface area contributed by atoms with E-state index in [1.54, 1.807) is 12.1 Å². The third kappa shape index (κ3) is 9.41. The van der Waals surface area contributed by atoms with Crippen molar-refractivity contribution in [3.63, 3.8) is 0 Å². The minimum absolute atomic E-state index is 0.00888. The molecule has 53 heavy (non-hydrogen) atoms. The van der Waals surface area contributed by atoms with Crippen molar-refractivity contribution in [1.29, 1.82) is 0 Å². The topological polar surface area (TPSA) is 165 Å². The van der Waals surface area contributed by atoms with Crippen LogP contribution in [0.5, 0.6) is 28.7 Å². The van der Waals surface area contributed by atoms with Gasteiger partial charge in [-0.05, 0) is 24.3 Å². The predicted octanol–water partition coefficient (Wildman–Crippen LogP) is 7.86. The average Bonchev–Trinajstić information content (AvgIpc) is 3.43. The minimum atomic E-state index is -0.494. The molecule has 1 saturated heterocycles. The first-order chi connectivity index (χ1) is 24.9. The van der Waals surface area contributed by atoms with Gasteiger partial charge in [0.1, 0.15) is 11.5 Å². The summed E-state index contributed by atoms with van der Waals surface area (Å²) in [5.41, 5.74) is 0.680. The van der Waals surface area contributed by atoms with Crippen molar-refractivity contribution in [3.05, 3.63) is 121 Å². The standard InChI is InChI=1S/C28H36N4O6.C12H10O2.Cr/c1-27(2,3)21-13-19(31(35)36)11-17(25(21)33)15-29-23-9-7-8-10-24(23)30-16-18-12-20(32(37)38)14-22(26(18)34)28(4,5)6;13-10-6-8-12(9-7-10)14-11-4-2-1-3-5-11;/h11-16,23-24,33-34H,7-10H2,1-6H3;1-9,13H;/q;;+2/p-1/t23-,24-;;/m1../s1. The number of phenolic OH excluding ortho intramolecular Hbond substituents is 2. The molecule has 278 valence electrons. The second kappa shape index (κ2) is 15.8. The van der Waals surface area contributed by atoms with Crippen LogP contribution in [-0.2, 0) is 26.5 Å². The van der Waals surface area contributed by atoms with Crippen LogP contribution in [0.2, 0.25) is 0 Å². The van der Waals surface area contributed by atoms with Gasteiger partial charge in [-0.15, -0.1) is 5.75 Å². The maximum Gasteiger partial charge on any atom is 0.127 e. The molecule has 0 aromatic heterocycles. The third-order valence-electron chi connectivity index (χ3n) is 9.16. The zero-order valence-electron chi connectivity index (χ0n) is 30.7. The van der Waals surface area contributed by atoms with Crippen LogP contribution in [0.1, 0.15) is 89.5 Å². The largest absolute Gasteiger partial charge is 0.872 e. The summed E-state index contributed by atoms with van der Waals surface area (Å²) in [7, 11) is 0. The van der Waals surface area contributed by atoms with Crippen LogP contribution >= 0.6 is 0 Å². The van der Waals surface area contributed by atoms with Gasteiger partial charge in [0.25, 0.3) is 0 Å². The number of nitrogens with zero attached hydrogens (tertiary/aromatic N) is 4. The molecular weight excluding hydrogens is 716 g/mol. The maximum absolute atomic E-state index is 11.7. The summed E-state index contributed by atoms with van der Waals surface area (Å²) >= 11 is -0.308. The van der Waals surface area contributed by atoms with Gasteiger partial charge >= 0.3 is 235 Å². The number of ether oxygens (including phenoxy) is 1. The molecule has 13 heteroatoms. The molecule has 4 aromatic carbocycles. The number of rotatable bonds is 6. The molecule has 6 rings (SSSR count). The fourth-order valence-corrected chi connectivity index (χ4v) is 8.38. The SMILES string of the molecule is CC(C)(C)c1cc([N+](=O)[O-])cc(C=[N+]2[Cr][N+](=Cc3cc([N+](=O)[O-])cc(C(C)(C)C)c3O)[C@@H]3CCCC[C@H]32)c1O.[O-]c1ccc(Oc2ccccc2)cc1. The van der Waals surface area contributed by atoms with E-state index >= 15 is 0 Å². The summed E-state index contributed by atoms with van der Waals surface area (Å²) < 4.78 is 9.80. The number of para-hydroxylation sites is 1. The van der Waals surface area contributed by atoms with Crippen LogP contribution in [-0.4, -0.2) is 51.7 Å². The predicted molar refractivity (Wildman–Crippen MR) is 196 cm³/mol. The Bertz CT molecular complexity index is 1950. The van der Waals surface area contributed by atoms with E-state index in [9.17, 15) is 35.5 Å². The fraction of sp³-hybridized carbons (Fsp3) is 0.350. The summed E-state index contributed by atoms with van der Waals surface area (Å²) in [6.07, 6.45) is 7.57. The number of hydrogen-bond donors (Lipinski definition) is 2. The second-order valence-corrected chi connectivity index (χ2v) is 16.8. The van der Waals surface area contributed by atoms with E-state index in [-0.39, 0.29) is 56.4 Å². The van der Waals surface area contributed by atoms with Gasteiger partial charge in [0.15, 0.2) is 0 Å². The van der Waals surface area contributed by atoms with E-state index in [0.717, 1.165) is 31.4 Å². The van der Waals surface area contributed by atoms with Crippen molar-refractivity contribution in [3.8, 4) is 28.7 Å². The average molecular weight is 762 g/mol. The number of nitro groups is 2. The number of benzene rings is 4. The van der Waals surface area contributed by atoms with E-state index in [4.69, 9.17) is 4.74 Å². The molecule has 0 amide bonds. The van der Waals surface area contributed by atoms with Gasteiger partial charge in [0.05, 0.1) is 0 Å². The molecule has 0 bridgehead atoms. The molecule has 1 aliphatic carbocycles. The van der Waals surface area contributed by atoms with E-state index in [1.165, 1.54) is 36.4 Å². The van der Waals surface area contributed by atoms with Crippen molar-refractivity contribution < 1.29 is 52.7 Å². The Morgan fingerprint density at radius 3 is 1.51 bits per heavy atom. The van der Waals surface area contributed by atoms with Crippen LogP contribution < -0.4 is 9.84 Å². The number of hydrogen-bond acceptors (Lipinski definition) is 8. The van der Waals surface area contributed by atoms with E-state index < -0.39 is 20.7 Å². The first-order valence-corrected chi connectivity index (χ1v) is 18.5. The number of phenols is 2. The van der Waals surface area contributed by atoms with Crippen LogP contribution in [0.25, 0.3) is 0 Å². The van der Waals surface area contributed by atoms with Crippen molar-refractivity contribution in [2.45, 2.75) is 90.1 Å². The molecule has 2 N–H and O–H groups in total. The second-order valence-electron chi connectivity index (χ2n) is 15.2. The summed E-state index contributed by atoms with van der Waals surface area (Å²) in [5.74, 6) is 1.50. The molecule has 0 radical (unpaired) electrons. The summed E-state index contributed by atoms with van der Waals surface area (Å²) in [5, 5.41) is 56.4. The van der Waals surface area contributed by atoms with Crippen LogP contribution in [0, 0.1) is 20.2 Å². The molecule has 12 nitrogen and oxygen atoms in total. The van der Waals surface area contributed by atoms with E-state index in [2.05, 4.69) is 7.12 Å². The van der Waals surface area contributed by atoms with Gasteiger partial charge in [-0.2, -0.15) is 0 Å². The Hall–Kier alpha value is -5.25. The fourth-order valence-electron chi connectivity index (χ4n) is 6.39. The van der Waals surface area contributed by atoms with Gasteiger partial charge in [0, 0.05) is 0 Å². The molecule has 0 unspecified atom stereocenters. The van der Waals surface area contributed by atoms with Crippen molar-refractivity contribution in [2.75, 3.05) is 0 Å². The van der Waals surface area contributed by atoms with E-state index in [0.29, 0.717) is 28.0 Å². The normalized spacial score (nSPS) is 18.6. The Morgan fingerprint density at radius 2 is 1.11 bits per heavy atom. The van der Waals surface area contributed by atoms with Gasteiger partial charge in [0.2, 0.25) is 0 Å². The molecular formula is C40H45CrN4O8+. The maximum atomic E-state index is 11.7. The first-order valence-electron chi connectivity index (χ1n) is 17.4. The monoisotopic (exact) mass is 761 g/mol. The van der Waals surface area contributed by atoms with Gasteiger partial charge in [-0.25, -0.2) is 0 Å². The smallest absolute Gasteiger partial charge is 0.127 e. The van der Waals surface area contributed by atoms with Gasteiger partial charge < -0.3 is 9.84 Å². The molecule has 1 aliphatic heterocycles. The molecule has 1 heterocycles. The molecule has 2 aliphatic rings. The van der Waals surface area contributed by atoms with Gasteiger partial charge in [-0.1, -0.05) is 30.3 Å². The van der Waals surface area contributed by atoms with Crippen molar-refractivity contribution in [1.82, 2.24) is 0 Å². The van der Waals surface area contributed by atoms with Gasteiger partial charge in [-0.3, -0.25) is 0 Å². The first kappa shape index (κ1) is 39.0. The van der Waals surface area contributed by atoms with Crippen LogP contribution in [0.4, 0.5) is 11.4 Å². The van der Waals surface area contributed by atoms with Crippen LogP contribution in [0.15, 0.2) is 78.9 Å². The Kier molecular flexibility index (Phi) is 11.6. The minimum Gasteiger partial charge on any atom is -0.872 e. The Morgan fingerprint density at radius 1 is 0.698 bits per heavy atom. The molecule has 4 aromatic rings. The zero-order chi connectivity index (χ0) is 38.7. The number of fused-ring (bicyclic) bond motifs is 1. The summed E-state index contributed by atoms with van der Waals surface area (Å²) in [4.78, 5) is 22.5. The molecule has 2 atom stereocenters. The summed E-state index contributed by atoms with van der Waals surface area (Å²) in [6, 6.07) is 21.7. The van der Waals surface area contributed by atoms with Crippen LogP contribution in [0.3, 0.4) is 0 Å². The third-order valence-corrected chi connectivity index (χ3v) is 10.9. The van der Waals surface area contributed by atoms with Crippen molar-refractivity contribution in [2.24, 2.45) is 0 Å².